The van der Waals surface area contributed by atoms with E-state index in [0.717, 1.165) is 5.56 Å². The first kappa shape index (κ1) is 23.4. The average Bonchev–Trinajstić information content (AvgIpc) is 2.66. The number of hydrogen-bond acceptors (Lipinski definition) is 5. The zero-order chi connectivity index (χ0) is 22.5. The predicted molar refractivity (Wildman–Crippen MR) is 116 cm³/mol. The predicted octanol–water partition coefficient (Wildman–Crippen LogP) is 3.44. The van der Waals surface area contributed by atoms with Gasteiger partial charge in [0.05, 0.1) is 16.1 Å². The van der Waals surface area contributed by atoms with E-state index in [1.807, 2.05) is 20.8 Å². The number of para-hydroxylation sites is 1. The summed E-state index contributed by atoms with van der Waals surface area (Å²) in [6.07, 6.45) is 0. The van der Waals surface area contributed by atoms with E-state index in [9.17, 15) is 18.0 Å². The summed E-state index contributed by atoms with van der Waals surface area (Å²) in [6, 6.07) is 9.74. The first-order valence-corrected chi connectivity index (χ1v) is 11.2. The summed E-state index contributed by atoms with van der Waals surface area (Å²) in [5, 5.41) is 0. The molecule has 0 fully saturated rings. The molecule has 0 heterocycles. The Kier molecular flexibility index (Phi) is 7.61. The van der Waals surface area contributed by atoms with Crippen LogP contribution in [0, 0.1) is 20.8 Å². The first-order chi connectivity index (χ1) is 14.1. The highest BCUT2D eigenvalue weighted by molar-refractivity contribution is 7.92. The molecular formula is C22H28N2O5S. The summed E-state index contributed by atoms with van der Waals surface area (Å²) in [4.78, 5) is 26.3. The minimum Gasteiger partial charge on any atom is -0.452 e. The van der Waals surface area contributed by atoms with E-state index < -0.39 is 22.6 Å². The van der Waals surface area contributed by atoms with Gasteiger partial charge in [0, 0.05) is 13.1 Å². The number of anilines is 1. The van der Waals surface area contributed by atoms with Gasteiger partial charge >= 0.3 is 5.97 Å². The molecule has 0 saturated carbocycles. The Morgan fingerprint density at radius 2 is 1.57 bits per heavy atom. The van der Waals surface area contributed by atoms with Gasteiger partial charge < -0.3 is 9.64 Å². The molecule has 2 rings (SSSR count). The SMILES string of the molecule is CCN(CC)C(=O)COC(=O)c1ccccc1NS(=O)(=O)c1c(C)cc(C)cc1C. The molecule has 1 N–H and O–H groups in total. The molecule has 0 aromatic heterocycles. The molecular weight excluding hydrogens is 404 g/mol. The zero-order valence-corrected chi connectivity index (χ0v) is 18.8. The van der Waals surface area contributed by atoms with Crippen molar-refractivity contribution in [1.82, 2.24) is 4.90 Å². The molecule has 1 amide bonds. The Labute approximate surface area is 178 Å². The highest BCUT2D eigenvalue weighted by Crippen LogP contribution is 2.26. The van der Waals surface area contributed by atoms with Gasteiger partial charge in [0.1, 0.15) is 0 Å². The maximum absolute atomic E-state index is 13.0. The van der Waals surface area contributed by atoms with Crippen molar-refractivity contribution in [3.8, 4) is 0 Å². The molecule has 0 spiro atoms. The van der Waals surface area contributed by atoms with Gasteiger partial charge in [-0.3, -0.25) is 9.52 Å². The van der Waals surface area contributed by atoms with E-state index in [0.29, 0.717) is 24.2 Å². The number of aryl methyl sites for hydroxylation is 3. The molecule has 8 heteroatoms. The fourth-order valence-corrected chi connectivity index (χ4v) is 4.94. The largest absolute Gasteiger partial charge is 0.452 e. The molecule has 7 nitrogen and oxygen atoms in total. The van der Waals surface area contributed by atoms with Gasteiger partial charge in [-0.25, -0.2) is 13.2 Å². The van der Waals surface area contributed by atoms with Gasteiger partial charge in [-0.1, -0.05) is 29.8 Å². The van der Waals surface area contributed by atoms with Crippen LogP contribution in [0.4, 0.5) is 5.69 Å². The molecule has 0 aliphatic heterocycles. The average molecular weight is 433 g/mol. The van der Waals surface area contributed by atoms with E-state index in [1.165, 1.54) is 12.1 Å². The number of ether oxygens (including phenoxy) is 1. The number of esters is 1. The maximum atomic E-state index is 13.0. The van der Waals surface area contributed by atoms with E-state index >= 15 is 0 Å². The van der Waals surface area contributed by atoms with Crippen LogP contribution in [-0.2, 0) is 19.6 Å². The van der Waals surface area contributed by atoms with Gasteiger partial charge in [0.25, 0.3) is 15.9 Å². The minimum atomic E-state index is -3.93. The van der Waals surface area contributed by atoms with Gasteiger partial charge in [-0.05, 0) is 57.9 Å². The number of carbonyl (C=O) groups is 2. The number of sulfonamides is 1. The van der Waals surface area contributed by atoms with Crippen molar-refractivity contribution in [3.63, 3.8) is 0 Å². The van der Waals surface area contributed by atoms with Crippen molar-refractivity contribution in [2.24, 2.45) is 0 Å². The smallest absolute Gasteiger partial charge is 0.340 e. The third kappa shape index (κ3) is 5.38. The summed E-state index contributed by atoms with van der Waals surface area (Å²) < 4.78 is 33.7. The summed E-state index contributed by atoms with van der Waals surface area (Å²) in [5.74, 6) is -1.08. The first-order valence-electron chi connectivity index (χ1n) is 9.75. The highest BCUT2D eigenvalue weighted by Gasteiger charge is 2.23. The molecule has 0 atom stereocenters. The van der Waals surface area contributed by atoms with Crippen LogP contribution in [-0.4, -0.2) is 44.9 Å². The van der Waals surface area contributed by atoms with Gasteiger partial charge in [-0.15, -0.1) is 0 Å². The minimum absolute atomic E-state index is 0.0378. The van der Waals surface area contributed by atoms with E-state index in [1.54, 1.807) is 43.0 Å². The van der Waals surface area contributed by atoms with Crippen LogP contribution in [0.2, 0.25) is 0 Å². The highest BCUT2D eigenvalue weighted by atomic mass is 32.2. The van der Waals surface area contributed by atoms with E-state index in [4.69, 9.17) is 4.74 Å². The van der Waals surface area contributed by atoms with E-state index in [2.05, 4.69) is 4.72 Å². The second-order valence-corrected chi connectivity index (χ2v) is 8.64. The van der Waals surface area contributed by atoms with Crippen LogP contribution in [0.1, 0.15) is 40.9 Å². The zero-order valence-electron chi connectivity index (χ0n) is 18.0. The molecule has 2 aromatic rings. The number of amides is 1. The fourth-order valence-electron chi connectivity index (χ4n) is 3.41. The summed E-state index contributed by atoms with van der Waals surface area (Å²) in [5.41, 5.74) is 2.33. The number of rotatable bonds is 8. The van der Waals surface area contributed by atoms with Crippen molar-refractivity contribution in [3.05, 3.63) is 58.7 Å². The lowest BCUT2D eigenvalue weighted by atomic mass is 10.1. The fraction of sp³-hybridized carbons (Fsp3) is 0.364. The van der Waals surface area contributed by atoms with Gasteiger partial charge in [-0.2, -0.15) is 0 Å². The Morgan fingerprint density at radius 3 is 2.13 bits per heavy atom. The lowest BCUT2D eigenvalue weighted by molar-refractivity contribution is -0.134. The van der Waals surface area contributed by atoms with Gasteiger partial charge in [0.15, 0.2) is 6.61 Å². The third-order valence-corrected chi connectivity index (χ3v) is 6.38. The van der Waals surface area contributed by atoms with Crippen LogP contribution in [0.15, 0.2) is 41.3 Å². The molecule has 2 aromatic carbocycles. The number of benzene rings is 2. The Bertz CT molecular complexity index is 1020. The number of carbonyl (C=O) groups excluding carboxylic acids is 2. The van der Waals surface area contributed by atoms with Crippen molar-refractivity contribution >= 4 is 27.6 Å². The van der Waals surface area contributed by atoms with Crippen LogP contribution >= 0.6 is 0 Å². The second-order valence-electron chi connectivity index (χ2n) is 7.02. The van der Waals surface area contributed by atoms with Crippen LogP contribution in [0.25, 0.3) is 0 Å². The molecule has 0 bridgehead atoms. The number of nitrogens with zero attached hydrogens (tertiary/aromatic N) is 1. The quantitative estimate of drug-likeness (QED) is 0.645. The van der Waals surface area contributed by atoms with Crippen LogP contribution in [0.3, 0.4) is 0 Å². The van der Waals surface area contributed by atoms with E-state index in [-0.39, 0.29) is 22.1 Å². The van der Waals surface area contributed by atoms with Crippen molar-refractivity contribution < 1.29 is 22.7 Å². The molecule has 30 heavy (non-hydrogen) atoms. The van der Waals surface area contributed by atoms with Crippen molar-refractivity contribution in [2.75, 3.05) is 24.4 Å². The number of hydrogen-bond donors (Lipinski definition) is 1. The van der Waals surface area contributed by atoms with Crippen LogP contribution < -0.4 is 4.72 Å². The lowest BCUT2D eigenvalue weighted by Gasteiger charge is -2.19. The molecule has 0 unspecified atom stereocenters. The molecule has 0 aliphatic rings. The lowest BCUT2D eigenvalue weighted by Crippen LogP contribution is -2.34. The number of likely N-dealkylation sites (N-methyl/N-ethyl adjacent to an activating group) is 1. The molecule has 0 saturated heterocycles. The normalized spacial score (nSPS) is 11.1. The molecule has 162 valence electrons. The Balaban J connectivity index is 2.27. The third-order valence-electron chi connectivity index (χ3n) is 4.71. The summed E-state index contributed by atoms with van der Waals surface area (Å²) in [7, 11) is -3.93. The topological polar surface area (TPSA) is 92.8 Å². The number of nitrogens with one attached hydrogen (secondary N) is 1. The summed E-state index contributed by atoms with van der Waals surface area (Å²) >= 11 is 0. The Morgan fingerprint density at radius 1 is 1.00 bits per heavy atom. The maximum Gasteiger partial charge on any atom is 0.340 e. The standard InChI is InChI=1S/C22H28N2O5S/c1-6-24(7-2)20(25)14-29-22(26)18-10-8-9-11-19(18)23-30(27,28)21-16(4)12-15(3)13-17(21)5/h8-13,23H,6-7,14H2,1-5H3. The van der Waals surface area contributed by atoms with Crippen LogP contribution in [0.5, 0.6) is 0 Å². The Hall–Kier alpha value is -2.87. The second kappa shape index (κ2) is 9.75. The monoisotopic (exact) mass is 432 g/mol. The molecule has 0 radical (unpaired) electrons. The van der Waals surface area contributed by atoms with Gasteiger partial charge in [0.2, 0.25) is 0 Å². The van der Waals surface area contributed by atoms with Crippen molar-refractivity contribution in [2.45, 2.75) is 39.5 Å². The summed E-state index contributed by atoms with van der Waals surface area (Å²) in [6.45, 7) is 9.65. The molecule has 0 aliphatic carbocycles. The van der Waals surface area contributed by atoms with Crippen molar-refractivity contribution in [1.29, 1.82) is 0 Å².